The van der Waals surface area contributed by atoms with Crippen LogP contribution >= 0.6 is 11.3 Å². The minimum Gasteiger partial charge on any atom is -0.455 e. The van der Waals surface area contributed by atoms with Gasteiger partial charge in [-0.2, -0.15) is 0 Å². The zero-order valence-electron chi connectivity index (χ0n) is 26.5. The van der Waals surface area contributed by atoms with Crippen LogP contribution < -0.4 is 4.90 Å². The van der Waals surface area contributed by atoms with Crippen molar-refractivity contribution in [1.82, 2.24) is 0 Å². The molecule has 0 radical (unpaired) electrons. The summed E-state index contributed by atoms with van der Waals surface area (Å²) in [5.74, 6) is 0. The third-order valence-electron chi connectivity index (χ3n) is 9.66. The summed E-state index contributed by atoms with van der Waals surface area (Å²) < 4.78 is 8.96. The molecule has 49 heavy (non-hydrogen) atoms. The molecule has 0 N–H and O–H groups in total. The molecule has 0 spiro atoms. The maximum absolute atomic E-state index is 6.34. The Labute approximate surface area is 287 Å². The average molecular weight is 644 g/mol. The van der Waals surface area contributed by atoms with E-state index in [4.69, 9.17) is 4.42 Å². The molecule has 0 saturated carbocycles. The third kappa shape index (κ3) is 4.55. The van der Waals surface area contributed by atoms with Crippen LogP contribution in [-0.2, 0) is 0 Å². The quantitative estimate of drug-likeness (QED) is 0.186. The molecule has 8 aromatic carbocycles. The molecule has 0 bridgehead atoms. The summed E-state index contributed by atoms with van der Waals surface area (Å²) in [6.07, 6.45) is 0. The van der Waals surface area contributed by atoms with Gasteiger partial charge in [0, 0.05) is 58.7 Å². The highest BCUT2D eigenvalue weighted by molar-refractivity contribution is 7.26. The van der Waals surface area contributed by atoms with Gasteiger partial charge in [0.25, 0.3) is 0 Å². The molecule has 3 heteroatoms. The lowest BCUT2D eigenvalue weighted by Gasteiger charge is -2.27. The van der Waals surface area contributed by atoms with Gasteiger partial charge in [0.2, 0.25) is 0 Å². The van der Waals surface area contributed by atoms with Crippen molar-refractivity contribution >= 4 is 81.3 Å². The van der Waals surface area contributed by atoms with Gasteiger partial charge in [-0.3, -0.25) is 0 Å². The molecular weight excluding hydrogens is 615 g/mol. The molecule has 0 unspecified atom stereocenters. The highest BCUT2D eigenvalue weighted by atomic mass is 32.1. The van der Waals surface area contributed by atoms with Crippen LogP contribution in [0.5, 0.6) is 0 Å². The van der Waals surface area contributed by atoms with E-state index in [2.05, 4.69) is 169 Å². The summed E-state index contributed by atoms with van der Waals surface area (Å²) in [4.78, 5) is 2.39. The van der Waals surface area contributed by atoms with Crippen molar-refractivity contribution in [3.8, 4) is 22.3 Å². The van der Waals surface area contributed by atoms with E-state index >= 15 is 0 Å². The van der Waals surface area contributed by atoms with Crippen LogP contribution in [0, 0.1) is 0 Å². The Morgan fingerprint density at radius 3 is 1.78 bits per heavy atom. The van der Waals surface area contributed by atoms with Crippen molar-refractivity contribution < 1.29 is 4.42 Å². The largest absolute Gasteiger partial charge is 0.455 e. The second-order valence-electron chi connectivity index (χ2n) is 12.5. The highest BCUT2D eigenvalue weighted by Gasteiger charge is 2.19. The second-order valence-corrected chi connectivity index (χ2v) is 13.5. The number of fused-ring (bicyclic) bond motifs is 8. The second kappa shape index (κ2) is 11.2. The Bertz CT molecular complexity index is 2770. The van der Waals surface area contributed by atoms with Crippen LogP contribution in [-0.4, -0.2) is 0 Å². The molecule has 0 atom stereocenters. The molecule has 10 rings (SSSR count). The van der Waals surface area contributed by atoms with Crippen LogP contribution in [0.25, 0.3) is 75.1 Å². The zero-order chi connectivity index (χ0) is 32.3. The Morgan fingerprint density at radius 1 is 0.408 bits per heavy atom. The monoisotopic (exact) mass is 643 g/mol. The molecule has 10 aromatic rings. The number of anilines is 3. The predicted octanol–water partition coefficient (Wildman–Crippen LogP) is 13.9. The molecule has 0 amide bonds. The van der Waals surface area contributed by atoms with Crippen molar-refractivity contribution in [3.05, 3.63) is 176 Å². The van der Waals surface area contributed by atoms with Gasteiger partial charge in [0.15, 0.2) is 0 Å². The lowest BCUT2D eigenvalue weighted by Crippen LogP contribution is -2.10. The highest BCUT2D eigenvalue weighted by Crippen LogP contribution is 2.47. The van der Waals surface area contributed by atoms with Gasteiger partial charge < -0.3 is 9.32 Å². The lowest BCUT2D eigenvalue weighted by atomic mass is 9.97. The third-order valence-corrected chi connectivity index (χ3v) is 10.9. The summed E-state index contributed by atoms with van der Waals surface area (Å²) in [7, 11) is 0. The van der Waals surface area contributed by atoms with Gasteiger partial charge in [0.1, 0.15) is 11.2 Å². The fraction of sp³-hybridized carbons (Fsp3) is 0. The lowest BCUT2D eigenvalue weighted by molar-refractivity contribution is 0.670. The fourth-order valence-electron chi connectivity index (χ4n) is 7.34. The Hall–Kier alpha value is -6.16. The number of nitrogens with zero attached hydrogens (tertiary/aromatic N) is 1. The number of para-hydroxylation sites is 4. The Morgan fingerprint density at radius 2 is 1.02 bits per heavy atom. The van der Waals surface area contributed by atoms with E-state index in [1.165, 1.54) is 47.8 Å². The van der Waals surface area contributed by atoms with Crippen molar-refractivity contribution in [2.24, 2.45) is 0 Å². The van der Waals surface area contributed by atoms with Crippen molar-refractivity contribution in [3.63, 3.8) is 0 Å². The summed E-state index contributed by atoms with van der Waals surface area (Å²) in [6, 6.07) is 63.1. The first-order valence-corrected chi connectivity index (χ1v) is 17.4. The summed E-state index contributed by atoms with van der Waals surface area (Å²) in [5, 5.41) is 7.38. The number of hydrogen-bond acceptors (Lipinski definition) is 3. The molecule has 0 saturated heterocycles. The number of benzene rings is 8. The van der Waals surface area contributed by atoms with Gasteiger partial charge in [-0.25, -0.2) is 0 Å². The van der Waals surface area contributed by atoms with Crippen molar-refractivity contribution in [1.29, 1.82) is 0 Å². The van der Waals surface area contributed by atoms with Crippen LogP contribution in [0.1, 0.15) is 0 Å². The molecule has 230 valence electrons. The first-order chi connectivity index (χ1) is 24.3. The first kappa shape index (κ1) is 27.9. The van der Waals surface area contributed by atoms with E-state index in [1.54, 1.807) is 0 Å². The van der Waals surface area contributed by atoms with Gasteiger partial charge in [0.05, 0.1) is 5.69 Å². The van der Waals surface area contributed by atoms with Crippen LogP contribution in [0.4, 0.5) is 17.1 Å². The van der Waals surface area contributed by atoms with E-state index in [1.807, 2.05) is 23.5 Å². The normalized spacial score (nSPS) is 11.7. The Kier molecular flexibility index (Phi) is 6.39. The molecule has 0 aliphatic rings. The van der Waals surface area contributed by atoms with E-state index in [0.717, 1.165) is 44.4 Å². The van der Waals surface area contributed by atoms with E-state index in [9.17, 15) is 0 Å². The smallest absolute Gasteiger partial charge is 0.143 e. The molecule has 2 aromatic heterocycles. The Balaban J connectivity index is 1.12. The predicted molar refractivity (Wildman–Crippen MR) is 210 cm³/mol. The molecule has 2 heterocycles. The maximum atomic E-state index is 6.34. The molecule has 2 nitrogen and oxygen atoms in total. The SMILES string of the molecule is c1ccc(N(c2ccccc2)c2cc3c4cc(-c5ccc(-c6cccc7c6oc6ccccc67)cc5)ccc4sc3c3ccccc23)cc1. The van der Waals surface area contributed by atoms with E-state index < -0.39 is 0 Å². The first-order valence-electron chi connectivity index (χ1n) is 16.6. The fourth-order valence-corrected chi connectivity index (χ4v) is 8.54. The summed E-state index contributed by atoms with van der Waals surface area (Å²) in [5.41, 5.74) is 9.96. The molecule has 0 fully saturated rings. The standard InChI is InChI=1S/C46H29NOS/c1-3-12-33(13-4-1)47(34-14-5-2-6-15-34)42-29-41-40-28-32(26-27-44(40)49-46(41)39-18-8-7-16-36(39)42)30-22-24-31(25-23-30)35-19-11-20-38-37-17-9-10-21-43(37)48-45(35)38/h1-29H. The maximum Gasteiger partial charge on any atom is 0.143 e. The molecule has 0 aliphatic heterocycles. The number of hydrogen-bond donors (Lipinski definition) is 0. The zero-order valence-corrected chi connectivity index (χ0v) is 27.3. The van der Waals surface area contributed by atoms with E-state index in [-0.39, 0.29) is 0 Å². The summed E-state index contributed by atoms with van der Waals surface area (Å²) in [6.45, 7) is 0. The number of thiophene rings is 1. The van der Waals surface area contributed by atoms with Gasteiger partial charge in [-0.1, -0.05) is 127 Å². The van der Waals surface area contributed by atoms with Crippen molar-refractivity contribution in [2.45, 2.75) is 0 Å². The minimum absolute atomic E-state index is 0.921. The average Bonchev–Trinajstić information content (AvgIpc) is 3.74. The molecule has 0 aliphatic carbocycles. The number of furan rings is 1. The van der Waals surface area contributed by atoms with Crippen LogP contribution in [0.3, 0.4) is 0 Å². The van der Waals surface area contributed by atoms with Crippen LogP contribution in [0.2, 0.25) is 0 Å². The molecular formula is C46H29NOS. The van der Waals surface area contributed by atoms with Crippen LogP contribution in [0.15, 0.2) is 180 Å². The number of rotatable bonds is 5. The van der Waals surface area contributed by atoms with Crippen molar-refractivity contribution in [2.75, 3.05) is 4.90 Å². The topological polar surface area (TPSA) is 16.4 Å². The van der Waals surface area contributed by atoms with Gasteiger partial charge in [-0.05, 0) is 65.2 Å². The minimum atomic E-state index is 0.921. The van der Waals surface area contributed by atoms with Gasteiger partial charge in [-0.15, -0.1) is 11.3 Å². The summed E-state index contributed by atoms with van der Waals surface area (Å²) >= 11 is 1.88. The van der Waals surface area contributed by atoms with Gasteiger partial charge >= 0.3 is 0 Å². The van der Waals surface area contributed by atoms with E-state index in [0.29, 0.717) is 0 Å².